The van der Waals surface area contributed by atoms with Gasteiger partial charge in [0.1, 0.15) is 7.14 Å². The zero-order valence-electron chi connectivity index (χ0n) is 19.9. The van der Waals surface area contributed by atoms with Crippen LogP contribution >= 0.6 is 7.14 Å². The van der Waals surface area contributed by atoms with E-state index in [9.17, 15) is 4.57 Å². The molecule has 4 heteroatoms. The van der Waals surface area contributed by atoms with Crippen molar-refractivity contribution in [2.75, 3.05) is 38.0 Å². The van der Waals surface area contributed by atoms with Gasteiger partial charge in [-0.25, -0.2) is 0 Å². The van der Waals surface area contributed by atoms with Crippen LogP contribution in [0.2, 0.25) is 0 Å². The van der Waals surface area contributed by atoms with Crippen molar-refractivity contribution in [1.82, 2.24) is 0 Å². The maximum atomic E-state index is 15.0. The fraction of sp³-hybridized carbons (Fsp3) is 0.520. The molecule has 2 aromatic carbocycles. The van der Waals surface area contributed by atoms with Crippen molar-refractivity contribution in [3.8, 4) is 0 Å². The Hall–Kier alpha value is -1.73. The van der Waals surface area contributed by atoms with Crippen LogP contribution in [0.25, 0.3) is 0 Å². The molecule has 0 saturated heterocycles. The minimum absolute atomic E-state index is 0.144. The summed E-state index contributed by atoms with van der Waals surface area (Å²) in [5.41, 5.74) is 4.41. The normalized spacial score (nSPS) is 12.9. The lowest BCUT2D eigenvalue weighted by Crippen LogP contribution is -2.32. The molecular weight excluding hydrogens is 375 g/mol. The molecule has 0 aromatic heterocycles. The molecule has 0 aliphatic carbocycles. The molecule has 0 aliphatic heterocycles. The van der Waals surface area contributed by atoms with Gasteiger partial charge >= 0.3 is 0 Å². The molecule has 3 nitrogen and oxygen atoms in total. The average Bonchev–Trinajstić information content (AvgIpc) is 2.60. The predicted octanol–water partition coefficient (Wildman–Crippen LogP) is 6.87. The molecule has 0 radical (unpaired) electrons. The third-order valence-corrected chi connectivity index (χ3v) is 11.1. The Morgan fingerprint density at radius 1 is 0.621 bits per heavy atom. The van der Waals surface area contributed by atoms with E-state index in [1.807, 2.05) is 28.2 Å². The van der Waals surface area contributed by atoms with Crippen LogP contribution in [0.15, 0.2) is 48.5 Å². The monoisotopic (exact) mass is 414 g/mol. The summed E-state index contributed by atoms with van der Waals surface area (Å²) in [7, 11) is 5.43. The maximum absolute atomic E-state index is 15.0. The molecule has 2 aromatic rings. The fourth-order valence-electron chi connectivity index (χ4n) is 4.30. The molecule has 0 unspecified atom stereocenters. The largest absolute Gasteiger partial charge is 0.378 e. The molecule has 0 saturated carbocycles. The van der Waals surface area contributed by atoms with Gasteiger partial charge in [0.25, 0.3) is 0 Å². The third-order valence-electron chi connectivity index (χ3n) is 5.81. The highest BCUT2D eigenvalue weighted by molar-refractivity contribution is 7.67. The van der Waals surface area contributed by atoms with Crippen LogP contribution in [0.3, 0.4) is 0 Å². The van der Waals surface area contributed by atoms with Crippen molar-refractivity contribution >= 4 is 18.5 Å². The van der Waals surface area contributed by atoms with E-state index in [-0.39, 0.29) is 16.0 Å². The molecule has 0 heterocycles. The van der Waals surface area contributed by atoms with Crippen molar-refractivity contribution in [1.29, 1.82) is 0 Å². The lowest BCUT2D eigenvalue weighted by Gasteiger charge is -2.46. The van der Waals surface area contributed by atoms with E-state index >= 15 is 0 Å². The van der Waals surface area contributed by atoms with Gasteiger partial charge in [-0.2, -0.15) is 0 Å². The molecule has 0 amide bonds. The first kappa shape index (κ1) is 23.5. The molecule has 0 N–H and O–H groups in total. The number of hydrogen-bond donors (Lipinski definition) is 0. The maximum Gasteiger partial charge on any atom is 0.109 e. The van der Waals surface area contributed by atoms with Crippen molar-refractivity contribution in [2.24, 2.45) is 0 Å². The summed E-state index contributed by atoms with van der Waals surface area (Å²) < 4.78 is 15.0. The Morgan fingerprint density at radius 3 is 1.10 bits per heavy atom. The predicted molar refractivity (Wildman–Crippen MR) is 130 cm³/mol. The molecule has 0 aliphatic rings. The van der Waals surface area contributed by atoms with Crippen molar-refractivity contribution < 1.29 is 4.57 Å². The molecule has 0 spiro atoms. The van der Waals surface area contributed by atoms with E-state index in [0.29, 0.717) is 0 Å². The molecule has 0 fully saturated rings. The Kier molecular flexibility index (Phi) is 6.65. The Labute approximate surface area is 178 Å². The number of nitrogens with zero attached hydrogens (tertiary/aromatic N) is 2. The van der Waals surface area contributed by atoms with E-state index < -0.39 is 7.14 Å². The van der Waals surface area contributed by atoms with Gasteiger partial charge in [0.15, 0.2) is 0 Å². The molecular formula is C25H39N2OP. The zero-order chi connectivity index (χ0) is 22.2. The first-order valence-corrected chi connectivity index (χ1v) is 12.1. The fourth-order valence-corrected chi connectivity index (χ4v) is 9.05. The number of anilines is 2. The van der Waals surface area contributed by atoms with E-state index in [1.54, 1.807) is 0 Å². The molecule has 29 heavy (non-hydrogen) atoms. The van der Waals surface area contributed by atoms with Gasteiger partial charge in [-0.3, -0.25) is 0 Å². The lowest BCUT2D eigenvalue weighted by molar-refractivity contribution is 0.510. The summed E-state index contributed by atoms with van der Waals surface area (Å²) >= 11 is 0. The highest BCUT2D eigenvalue weighted by atomic mass is 31.2. The number of rotatable bonds is 5. The summed E-state index contributed by atoms with van der Waals surface area (Å²) in [4.78, 5) is 4.19. The topological polar surface area (TPSA) is 23.6 Å². The van der Waals surface area contributed by atoms with E-state index in [2.05, 4.69) is 99.9 Å². The number of hydrogen-bond acceptors (Lipinski definition) is 3. The quantitative estimate of drug-likeness (QED) is 0.499. The summed E-state index contributed by atoms with van der Waals surface area (Å²) in [5, 5.41) is -0.646. The van der Waals surface area contributed by atoms with Crippen molar-refractivity contribution in [3.63, 3.8) is 0 Å². The second kappa shape index (κ2) is 8.19. The summed E-state index contributed by atoms with van der Waals surface area (Å²) in [5.74, 6) is 0. The smallest absolute Gasteiger partial charge is 0.109 e. The van der Waals surface area contributed by atoms with E-state index in [4.69, 9.17) is 0 Å². The van der Waals surface area contributed by atoms with Gasteiger partial charge < -0.3 is 14.4 Å². The van der Waals surface area contributed by atoms with Gasteiger partial charge in [0.2, 0.25) is 0 Å². The Balaban J connectivity index is 2.75. The Morgan fingerprint density at radius 2 is 0.897 bits per heavy atom. The second-order valence-electron chi connectivity index (χ2n) is 10.4. The highest BCUT2D eigenvalue weighted by Crippen LogP contribution is 2.76. The molecule has 0 atom stereocenters. The zero-order valence-corrected chi connectivity index (χ0v) is 20.8. The minimum Gasteiger partial charge on any atom is -0.378 e. The van der Waals surface area contributed by atoms with Crippen LogP contribution < -0.4 is 9.80 Å². The average molecular weight is 415 g/mol. The number of benzene rings is 2. The summed E-state index contributed by atoms with van der Waals surface area (Å²) in [6.07, 6.45) is 0. The van der Waals surface area contributed by atoms with Gasteiger partial charge in [-0.1, -0.05) is 65.8 Å². The van der Waals surface area contributed by atoms with Gasteiger partial charge in [-0.05, 0) is 35.4 Å². The van der Waals surface area contributed by atoms with Crippen LogP contribution in [0.5, 0.6) is 0 Å². The third kappa shape index (κ3) is 4.56. The molecule has 0 bridgehead atoms. The lowest BCUT2D eigenvalue weighted by atomic mass is 10.0. The van der Waals surface area contributed by atoms with Crippen LogP contribution in [-0.2, 0) is 4.57 Å². The van der Waals surface area contributed by atoms with Crippen LogP contribution in [0.4, 0.5) is 11.4 Å². The highest BCUT2D eigenvalue weighted by Gasteiger charge is 2.52. The minimum atomic E-state index is -2.75. The van der Waals surface area contributed by atoms with Crippen molar-refractivity contribution in [3.05, 3.63) is 59.7 Å². The van der Waals surface area contributed by atoms with E-state index in [0.717, 1.165) is 22.5 Å². The first-order chi connectivity index (χ1) is 13.2. The standard InChI is InChI=1S/C25H39N2OP/c1-24(2,3)29(28,25(4,5)6)23(19-11-15-21(16-12-19)26(7)8)20-13-17-22(18-14-20)27(9)10/h11-18,23H,1-10H3. The van der Waals surface area contributed by atoms with Gasteiger partial charge in [0.05, 0.1) is 5.66 Å². The Bertz CT molecular complexity index is 784. The van der Waals surface area contributed by atoms with E-state index in [1.165, 1.54) is 0 Å². The summed E-state index contributed by atoms with van der Waals surface area (Å²) in [6.45, 7) is 12.8. The van der Waals surface area contributed by atoms with Crippen molar-refractivity contribution in [2.45, 2.75) is 57.5 Å². The second-order valence-corrected chi connectivity index (χ2v) is 14.9. The van der Waals surface area contributed by atoms with Crippen LogP contribution in [0, 0.1) is 0 Å². The molecule has 160 valence electrons. The summed E-state index contributed by atoms with van der Waals surface area (Å²) in [6, 6.07) is 17.2. The van der Waals surface area contributed by atoms with Crippen LogP contribution in [0.1, 0.15) is 58.3 Å². The van der Waals surface area contributed by atoms with Gasteiger partial charge in [0, 0.05) is 49.9 Å². The molecule has 2 rings (SSSR count). The SMILES string of the molecule is CN(C)c1ccc(C(c2ccc(N(C)C)cc2)P(=O)(C(C)(C)C)C(C)(C)C)cc1. The van der Waals surface area contributed by atoms with Crippen LogP contribution in [-0.4, -0.2) is 38.5 Å². The van der Waals surface area contributed by atoms with Gasteiger partial charge in [-0.15, -0.1) is 0 Å². The first-order valence-electron chi connectivity index (χ1n) is 10.3.